The first kappa shape index (κ1) is 14.7. The third kappa shape index (κ3) is 4.85. The molecule has 0 radical (unpaired) electrons. The molecule has 0 fully saturated rings. The van der Waals surface area contributed by atoms with E-state index in [4.69, 9.17) is 5.11 Å². The number of hydrogen-bond acceptors (Lipinski definition) is 3. The van der Waals surface area contributed by atoms with Gasteiger partial charge in [-0.15, -0.1) is 0 Å². The van der Waals surface area contributed by atoms with Crippen LogP contribution in [0, 0.1) is 0 Å². The molecule has 0 amide bonds. The highest BCUT2D eigenvalue weighted by Gasteiger charge is 2.16. The zero-order valence-corrected chi connectivity index (χ0v) is 11.1. The molecule has 18 heavy (non-hydrogen) atoms. The lowest BCUT2D eigenvalue weighted by atomic mass is 10.0. The number of benzene rings is 1. The van der Waals surface area contributed by atoms with Crippen LogP contribution in [0.5, 0.6) is 0 Å². The Balaban J connectivity index is 2.56. The number of carboxylic acid groups (broad SMARTS) is 1. The molecule has 0 heterocycles. The van der Waals surface area contributed by atoms with Gasteiger partial charge in [0.25, 0.3) is 0 Å². The molecule has 1 unspecified atom stereocenters. The van der Waals surface area contributed by atoms with Crippen LogP contribution in [-0.2, 0) is 17.6 Å². The van der Waals surface area contributed by atoms with E-state index in [9.17, 15) is 4.79 Å². The summed E-state index contributed by atoms with van der Waals surface area (Å²) >= 11 is 0. The van der Waals surface area contributed by atoms with E-state index in [2.05, 4.69) is 17.8 Å². The summed E-state index contributed by atoms with van der Waals surface area (Å²) in [5, 5.41) is 9.13. The summed E-state index contributed by atoms with van der Waals surface area (Å²) in [6.45, 7) is 4.90. The van der Waals surface area contributed by atoms with E-state index in [0.29, 0.717) is 6.42 Å². The second-order valence-corrected chi connectivity index (χ2v) is 4.34. The van der Waals surface area contributed by atoms with Crippen LogP contribution in [0.4, 0.5) is 0 Å². The predicted molar refractivity (Wildman–Crippen MR) is 72.4 cm³/mol. The van der Waals surface area contributed by atoms with E-state index in [0.717, 1.165) is 24.9 Å². The number of aryl methyl sites for hydroxylation is 1. The normalized spacial score (nSPS) is 12.3. The highest BCUT2D eigenvalue weighted by Crippen LogP contribution is 2.07. The van der Waals surface area contributed by atoms with Gasteiger partial charge in [0.2, 0.25) is 0 Å². The highest BCUT2D eigenvalue weighted by molar-refractivity contribution is 5.73. The molecule has 1 aromatic rings. The van der Waals surface area contributed by atoms with E-state index in [-0.39, 0.29) is 0 Å². The summed E-state index contributed by atoms with van der Waals surface area (Å²) < 4.78 is 0. The molecule has 0 aliphatic carbocycles. The molecule has 0 aliphatic rings. The van der Waals surface area contributed by atoms with Crippen molar-refractivity contribution in [2.24, 2.45) is 0 Å². The van der Waals surface area contributed by atoms with Crippen LogP contribution < -0.4 is 10.9 Å². The number of hydrazine groups is 1. The smallest absolute Gasteiger partial charge is 0.322 e. The first-order valence-electron chi connectivity index (χ1n) is 6.46. The van der Waals surface area contributed by atoms with Crippen molar-refractivity contribution in [1.82, 2.24) is 10.9 Å². The number of hydrogen-bond donors (Lipinski definition) is 3. The molecule has 4 heteroatoms. The third-order valence-corrected chi connectivity index (χ3v) is 2.82. The Bertz CT molecular complexity index is 363. The van der Waals surface area contributed by atoms with Crippen LogP contribution in [-0.4, -0.2) is 23.7 Å². The SMILES string of the molecule is CCCNNC(Cc1ccc(CC)cc1)C(=O)O. The van der Waals surface area contributed by atoms with Gasteiger partial charge in [-0.3, -0.25) is 10.2 Å². The maximum absolute atomic E-state index is 11.1. The highest BCUT2D eigenvalue weighted by atomic mass is 16.4. The molecule has 0 aliphatic heterocycles. The Hall–Kier alpha value is -1.39. The standard InChI is InChI=1S/C14H22N2O2/c1-3-9-15-16-13(14(17)18)10-12-7-5-11(4-2)6-8-12/h5-8,13,15-16H,3-4,9-10H2,1-2H3,(H,17,18). The summed E-state index contributed by atoms with van der Waals surface area (Å²) in [7, 11) is 0. The zero-order valence-electron chi connectivity index (χ0n) is 11.1. The van der Waals surface area contributed by atoms with Crippen LogP contribution in [0.25, 0.3) is 0 Å². The van der Waals surface area contributed by atoms with Gasteiger partial charge in [-0.1, -0.05) is 38.1 Å². The van der Waals surface area contributed by atoms with E-state index >= 15 is 0 Å². The number of carbonyl (C=O) groups is 1. The van der Waals surface area contributed by atoms with Gasteiger partial charge < -0.3 is 5.11 Å². The van der Waals surface area contributed by atoms with Gasteiger partial charge >= 0.3 is 5.97 Å². The topological polar surface area (TPSA) is 61.4 Å². The lowest BCUT2D eigenvalue weighted by molar-refractivity contribution is -0.139. The average Bonchev–Trinajstić information content (AvgIpc) is 2.38. The van der Waals surface area contributed by atoms with Gasteiger partial charge in [-0.25, -0.2) is 5.43 Å². The Kier molecular flexibility index (Phi) is 6.39. The first-order chi connectivity index (χ1) is 8.67. The summed E-state index contributed by atoms with van der Waals surface area (Å²) in [6, 6.07) is 7.50. The fraction of sp³-hybridized carbons (Fsp3) is 0.500. The number of rotatable bonds is 8. The Morgan fingerprint density at radius 1 is 1.22 bits per heavy atom. The molecule has 4 nitrogen and oxygen atoms in total. The molecule has 3 N–H and O–H groups in total. The van der Waals surface area contributed by atoms with Gasteiger partial charge in [0, 0.05) is 6.54 Å². The predicted octanol–water partition coefficient (Wildman–Crippen LogP) is 1.75. The van der Waals surface area contributed by atoms with Crippen LogP contribution >= 0.6 is 0 Å². The quantitative estimate of drug-likeness (QED) is 0.486. The zero-order chi connectivity index (χ0) is 13.4. The van der Waals surface area contributed by atoms with Crippen molar-refractivity contribution in [2.75, 3.05) is 6.54 Å². The Morgan fingerprint density at radius 2 is 1.83 bits per heavy atom. The number of nitrogens with one attached hydrogen (secondary N) is 2. The molecule has 1 atom stereocenters. The molecule has 0 aromatic heterocycles. The summed E-state index contributed by atoms with van der Waals surface area (Å²) in [5.74, 6) is -0.835. The fourth-order valence-electron chi connectivity index (χ4n) is 1.67. The molecular weight excluding hydrogens is 228 g/mol. The second-order valence-electron chi connectivity index (χ2n) is 4.34. The maximum Gasteiger partial charge on any atom is 0.322 e. The summed E-state index contributed by atoms with van der Waals surface area (Å²) in [6.07, 6.45) is 2.44. The Labute approximate surface area is 108 Å². The molecule has 0 bridgehead atoms. The molecule has 0 spiro atoms. The summed E-state index contributed by atoms with van der Waals surface area (Å²) in [4.78, 5) is 11.1. The van der Waals surface area contributed by atoms with E-state index < -0.39 is 12.0 Å². The van der Waals surface area contributed by atoms with Crippen LogP contribution in [0.2, 0.25) is 0 Å². The van der Waals surface area contributed by atoms with Crippen LogP contribution in [0.1, 0.15) is 31.4 Å². The first-order valence-corrected chi connectivity index (χ1v) is 6.46. The molecular formula is C14H22N2O2. The van der Waals surface area contributed by atoms with Crippen molar-refractivity contribution >= 4 is 5.97 Å². The lowest BCUT2D eigenvalue weighted by Crippen LogP contribution is -2.47. The van der Waals surface area contributed by atoms with Crippen LogP contribution in [0.3, 0.4) is 0 Å². The minimum absolute atomic E-state index is 0.482. The minimum atomic E-state index is -0.835. The molecule has 1 aromatic carbocycles. The second kappa shape index (κ2) is 7.84. The maximum atomic E-state index is 11.1. The van der Waals surface area contributed by atoms with Crippen molar-refractivity contribution in [2.45, 2.75) is 39.2 Å². The summed E-state index contributed by atoms with van der Waals surface area (Å²) in [5.41, 5.74) is 8.08. The molecule has 1 rings (SSSR count). The lowest BCUT2D eigenvalue weighted by Gasteiger charge is -2.15. The van der Waals surface area contributed by atoms with Gasteiger partial charge in [0.1, 0.15) is 6.04 Å². The van der Waals surface area contributed by atoms with Crippen molar-refractivity contribution in [3.05, 3.63) is 35.4 Å². The monoisotopic (exact) mass is 250 g/mol. The Morgan fingerprint density at radius 3 is 2.33 bits per heavy atom. The van der Waals surface area contributed by atoms with Gasteiger partial charge in [-0.2, -0.15) is 0 Å². The number of carboxylic acids is 1. The van der Waals surface area contributed by atoms with Gasteiger partial charge in [0.05, 0.1) is 0 Å². The van der Waals surface area contributed by atoms with E-state index in [1.165, 1.54) is 5.56 Å². The third-order valence-electron chi connectivity index (χ3n) is 2.82. The van der Waals surface area contributed by atoms with Crippen molar-refractivity contribution in [1.29, 1.82) is 0 Å². The molecule has 0 saturated carbocycles. The van der Waals surface area contributed by atoms with Crippen molar-refractivity contribution < 1.29 is 9.90 Å². The molecule has 100 valence electrons. The molecule has 0 saturated heterocycles. The van der Waals surface area contributed by atoms with Gasteiger partial charge in [-0.05, 0) is 30.4 Å². The number of aliphatic carboxylic acids is 1. The van der Waals surface area contributed by atoms with E-state index in [1.807, 2.05) is 31.2 Å². The average molecular weight is 250 g/mol. The van der Waals surface area contributed by atoms with E-state index in [1.54, 1.807) is 0 Å². The van der Waals surface area contributed by atoms with Crippen LogP contribution in [0.15, 0.2) is 24.3 Å². The van der Waals surface area contributed by atoms with Crippen molar-refractivity contribution in [3.63, 3.8) is 0 Å². The fourth-order valence-corrected chi connectivity index (χ4v) is 1.67. The van der Waals surface area contributed by atoms with Crippen molar-refractivity contribution in [3.8, 4) is 0 Å². The van der Waals surface area contributed by atoms with Gasteiger partial charge in [0.15, 0.2) is 0 Å². The minimum Gasteiger partial charge on any atom is -0.480 e. The largest absolute Gasteiger partial charge is 0.480 e.